The maximum Gasteiger partial charge on any atom is 0.119 e. The molecule has 0 aliphatic rings. The lowest BCUT2D eigenvalue weighted by Crippen LogP contribution is -1.89. The predicted octanol–water partition coefficient (Wildman–Crippen LogP) is 2.85. The minimum Gasteiger partial charge on any atom is -0.494 e. The summed E-state index contributed by atoms with van der Waals surface area (Å²) in [6.07, 6.45) is 0. The van der Waals surface area contributed by atoms with Crippen LogP contribution < -0.4 is 4.74 Å². The molecule has 0 aliphatic carbocycles. The summed E-state index contributed by atoms with van der Waals surface area (Å²) in [5.41, 5.74) is 0. The molecule has 2 heteroatoms. The van der Waals surface area contributed by atoms with Gasteiger partial charge in [-0.05, 0) is 31.1 Å². The van der Waals surface area contributed by atoms with Gasteiger partial charge in [0.1, 0.15) is 5.75 Å². The average Bonchev–Trinajstić information content (AvgIpc) is 2.06. The SMILES string of the molecule is [2H]C([2H])([2H])C([2H])([2H])Oc1ccc(Br)cc1. The first-order chi connectivity index (χ1) is 6.72. The van der Waals surface area contributed by atoms with Crippen LogP contribution in [0.5, 0.6) is 5.75 Å². The molecule has 10 heavy (non-hydrogen) atoms. The number of hydrogen-bond acceptors (Lipinski definition) is 1. The number of hydrogen-bond donors (Lipinski definition) is 0. The highest BCUT2D eigenvalue weighted by Gasteiger charge is 1.88. The zero-order valence-electron chi connectivity index (χ0n) is 10.1. The van der Waals surface area contributed by atoms with E-state index in [9.17, 15) is 0 Å². The molecule has 0 unspecified atom stereocenters. The Morgan fingerprint density at radius 1 is 1.60 bits per heavy atom. The maximum atomic E-state index is 7.24. The van der Waals surface area contributed by atoms with Gasteiger partial charge in [0.05, 0.1) is 9.30 Å². The zero-order chi connectivity index (χ0) is 11.7. The van der Waals surface area contributed by atoms with E-state index in [1.54, 1.807) is 12.1 Å². The molecule has 0 radical (unpaired) electrons. The van der Waals surface area contributed by atoms with Crippen molar-refractivity contribution in [1.82, 2.24) is 0 Å². The summed E-state index contributed by atoms with van der Waals surface area (Å²) in [6, 6.07) is 6.27. The smallest absolute Gasteiger partial charge is 0.119 e. The Hall–Kier alpha value is -0.500. The molecule has 0 N–H and O–H groups in total. The van der Waals surface area contributed by atoms with Crippen molar-refractivity contribution in [3.05, 3.63) is 28.7 Å². The molecule has 0 aliphatic heterocycles. The zero-order valence-corrected chi connectivity index (χ0v) is 6.68. The van der Waals surface area contributed by atoms with Crippen molar-refractivity contribution in [2.45, 2.75) is 6.85 Å². The van der Waals surface area contributed by atoms with Crippen LogP contribution in [0.25, 0.3) is 0 Å². The fourth-order valence-electron chi connectivity index (χ4n) is 0.562. The number of rotatable bonds is 2. The first-order valence-corrected chi connectivity index (χ1v) is 3.46. The molecule has 0 fully saturated rings. The Kier molecular flexibility index (Phi) is 1.18. The van der Waals surface area contributed by atoms with Gasteiger partial charge in [-0.25, -0.2) is 0 Å². The van der Waals surface area contributed by atoms with Crippen LogP contribution >= 0.6 is 15.9 Å². The third-order valence-corrected chi connectivity index (χ3v) is 1.51. The number of ether oxygens (including phenoxy) is 1. The van der Waals surface area contributed by atoms with Gasteiger partial charge < -0.3 is 4.74 Å². The standard InChI is InChI=1S/C8H9BrO/c1-2-10-8-5-3-7(9)4-6-8/h3-6H,2H2,1H3/i1D3,2D2. The van der Waals surface area contributed by atoms with E-state index in [0.29, 0.717) is 0 Å². The topological polar surface area (TPSA) is 9.23 Å². The van der Waals surface area contributed by atoms with Crippen molar-refractivity contribution in [2.24, 2.45) is 0 Å². The molecule has 0 bridgehead atoms. The van der Waals surface area contributed by atoms with E-state index in [1.165, 1.54) is 12.1 Å². The van der Waals surface area contributed by atoms with E-state index in [2.05, 4.69) is 15.9 Å². The van der Waals surface area contributed by atoms with E-state index >= 15 is 0 Å². The normalized spacial score (nSPS) is 19.5. The fourth-order valence-corrected chi connectivity index (χ4v) is 0.826. The van der Waals surface area contributed by atoms with E-state index in [1.807, 2.05) is 0 Å². The van der Waals surface area contributed by atoms with Crippen molar-refractivity contribution in [2.75, 3.05) is 6.56 Å². The van der Waals surface area contributed by atoms with E-state index in [-0.39, 0.29) is 5.75 Å². The molecule has 0 heterocycles. The van der Waals surface area contributed by atoms with Crippen molar-refractivity contribution in [1.29, 1.82) is 0 Å². The summed E-state index contributed by atoms with van der Waals surface area (Å²) in [5, 5.41) is 0. The van der Waals surface area contributed by atoms with Gasteiger partial charge in [0.25, 0.3) is 0 Å². The molecule has 54 valence electrons. The summed E-state index contributed by atoms with van der Waals surface area (Å²) in [7, 11) is 0. The van der Waals surface area contributed by atoms with Crippen LogP contribution in [0, 0.1) is 0 Å². The van der Waals surface area contributed by atoms with Gasteiger partial charge in [-0.1, -0.05) is 15.9 Å². The number of halogens is 1. The van der Waals surface area contributed by atoms with Crippen molar-refractivity contribution in [3.63, 3.8) is 0 Å². The van der Waals surface area contributed by atoms with Crippen molar-refractivity contribution < 1.29 is 11.6 Å². The fraction of sp³-hybridized carbons (Fsp3) is 0.250. The third kappa shape index (κ3) is 2.03. The molecular weight excluding hydrogens is 192 g/mol. The Bertz CT molecular complexity index is 332. The molecule has 1 nitrogen and oxygen atoms in total. The largest absolute Gasteiger partial charge is 0.494 e. The minimum absolute atomic E-state index is 0.180. The van der Waals surface area contributed by atoms with Gasteiger partial charge in [-0.3, -0.25) is 0 Å². The van der Waals surface area contributed by atoms with Crippen LogP contribution in [0.1, 0.15) is 13.7 Å². The lowest BCUT2D eigenvalue weighted by atomic mass is 10.3. The number of benzene rings is 1. The highest BCUT2D eigenvalue weighted by atomic mass is 79.9. The Morgan fingerprint density at radius 2 is 2.30 bits per heavy atom. The second-order valence-corrected chi connectivity index (χ2v) is 2.57. The quantitative estimate of drug-likeness (QED) is 0.722. The molecule has 0 atom stereocenters. The summed E-state index contributed by atoms with van der Waals surface area (Å²) in [6.45, 7) is -5.49. The maximum absolute atomic E-state index is 7.24. The molecular formula is C8H9BrO. The van der Waals surface area contributed by atoms with Gasteiger partial charge in [0.2, 0.25) is 0 Å². The van der Waals surface area contributed by atoms with E-state index < -0.39 is 13.4 Å². The molecule has 0 amide bonds. The van der Waals surface area contributed by atoms with Crippen LogP contribution in [0.2, 0.25) is 0 Å². The summed E-state index contributed by atoms with van der Waals surface area (Å²) in [5.74, 6) is 0.180. The first kappa shape index (κ1) is 3.26. The first-order valence-electron chi connectivity index (χ1n) is 5.17. The summed E-state index contributed by atoms with van der Waals surface area (Å²) in [4.78, 5) is 0. The second kappa shape index (κ2) is 3.62. The summed E-state index contributed by atoms with van der Waals surface area (Å²) < 4.78 is 40.9. The van der Waals surface area contributed by atoms with Crippen LogP contribution in [-0.4, -0.2) is 6.56 Å². The van der Waals surface area contributed by atoms with Gasteiger partial charge in [0, 0.05) is 8.58 Å². The third-order valence-electron chi connectivity index (χ3n) is 0.983. The van der Waals surface area contributed by atoms with Crippen LogP contribution in [0.4, 0.5) is 0 Å². The van der Waals surface area contributed by atoms with Crippen LogP contribution in [0.15, 0.2) is 28.7 Å². The second-order valence-electron chi connectivity index (χ2n) is 1.66. The predicted molar refractivity (Wildman–Crippen MR) is 45.3 cm³/mol. The monoisotopic (exact) mass is 205 g/mol. The summed E-state index contributed by atoms with van der Waals surface area (Å²) >= 11 is 3.20. The molecule has 1 aromatic carbocycles. The molecule has 0 spiro atoms. The van der Waals surface area contributed by atoms with E-state index in [4.69, 9.17) is 11.6 Å². The lowest BCUT2D eigenvalue weighted by Gasteiger charge is -2.00. The van der Waals surface area contributed by atoms with Gasteiger partial charge in [-0.2, -0.15) is 0 Å². The molecule has 0 saturated heterocycles. The van der Waals surface area contributed by atoms with Crippen LogP contribution in [-0.2, 0) is 0 Å². The minimum atomic E-state index is -2.81. The van der Waals surface area contributed by atoms with Gasteiger partial charge in [0.15, 0.2) is 0 Å². The van der Waals surface area contributed by atoms with Crippen molar-refractivity contribution in [3.8, 4) is 5.75 Å². The average molecular weight is 206 g/mol. The Balaban J connectivity index is 2.82. The van der Waals surface area contributed by atoms with Gasteiger partial charge in [-0.15, -0.1) is 0 Å². The van der Waals surface area contributed by atoms with E-state index in [0.717, 1.165) is 4.47 Å². The van der Waals surface area contributed by atoms with Crippen LogP contribution in [0.3, 0.4) is 0 Å². The molecule has 0 saturated carbocycles. The molecule has 1 aromatic rings. The molecule has 1 rings (SSSR count). The van der Waals surface area contributed by atoms with Crippen molar-refractivity contribution >= 4 is 15.9 Å². The highest BCUT2D eigenvalue weighted by Crippen LogP contribution is 2.15. The van der Waals surface area contributed by atoms with Gasteiger partial charge >= 0.3 is 0 Å². The molecule has 0 aromatic heterocycles. The lowest BCUT2D eigenvalue weighted by molar-refractivity contribution is 0.340. The Labute approximate surface area is 76.2 Å². The Morgan fingerprint density at radius 3 is 2.90 bits per heavy atom. The highest BCUT2D eigenvalue weighted by molar-refractivity contribution is 9.10.